The van der Waals surface area contributed by atoms with Crippen LogP contribution in [0.15, 0.2) is 59.5 Å². The molecule has 0 saturated carbocycles. The van der Waals surface area contributed by atoms with Gasteiger partial charge in [-0.15, -0.1) is 0 Å². The topological polar surface area (TPSA) is 60.4 Å². The first-order valence-corrected chi connectivity index (χ1v) is 7.90. The van der Waals surface area contributed by atoms with Gasteiger partial charge in [-0.25, -0.2) is 0 Å². The molecule has 0 radical (unpaired) electrons. The second kappa shape index (κ2) is 6.20. The average molecular weight is 304 g/mol. The van der Waals surface area contributed by atoms with Crippen LogP contribution in [0, 0.1) is 6.92 Å². The fourth-order valence-corrected chi connectivity index (χ4v) is 2.88. The van der Waals surface area contributed by atoms with Gasteiger partial charge in [0.1, 0.15) is 6.10 Å². The van der Waals surface area contributed by atoms with Gasteiger partial charge < -0.3 is 0 Å². The molecule has 0 bridgehead atoms. The zero-order chi connectivity index (χ0) is 15.5. The highest BCUT2D eigenvalue weighted by Gasteiger charge is 2.24. The number of ketones is 1. The van der Waals surface area contributed by atoms with Gasteiger partial charge >= 0.3 is 0 Å². The lowest BCUT2D eigenvalue weighted by Gasteiger charge is -2.12. The Hall–Kier alpha value is -1.98. The van der Waals surface area contributed by atoms with E-state index < -0.39 is 16.2 Å². The molecular formula is C16H16O4S. The van der Waals surface area contributed by atoms with E-state index >= 15 is 0 Å². The van der Waals surface area contributed by atoms with E-state index in [9.17, 15) is 13.2 Å². The van der Waals surface area contributed by atoms with Crippen molar-refractivity contribution in [2.75, 3.05) is 0 Å². The Labute approximate surface area is 124 Å². The maximum absolute atomic E-state index is 12.1. The Morgan fingerprint density at radius 1 is 1.00 bits per heavy atom. The van der Waals surface area contributed by atoms with Crippen LogP contribution in [0.1, 0.15) is 22.8 Å². The summed E-state index contributed by atoms with van der Waals surface area (Å²) in [4.78, 5) is 12.2. The Morgan fingerprint density at radius 3 is 2.14 bits per heavy atom. The van der Waals surface area contributed by atoms with Crippen LogP contribution in [-0.4, -0.2) is 20.3 Å². The van der Waals surface area contributed by atoms with Crippen molar-refractivity contribution in [3.63, 3.8) is 0 Å². The zero-order valence-corrected chi connectivity index (χ0v) is 12.6. The number of carbonyl (C=O) groups excluding carboxylic acids is 1. The van der Waals surface area contributed by atoms with Crippen molar-refractivity contribution in [2.24, 2.45) is 0 Å². The molecule has 5 heteroatoms. The molecule has 0 aliphatic heterocycles. The largest absolute Gasteiger partial charge is 0.297 e. The highest BCUT2D eigenvalue weighted by molar-refractivity contribution is 7.86. The van der Waals surface area contributed by atoms with Crippen molar-refractivity contribution in [1.82, 2.24) is 0 Å². The van der Waals surface area contributed by atoms with E-state index in [0.717, 1.165) is 5.56 Å². The predicted molar refractivity (Wildman–Crippen MR) is 79.7 cm³/mol. The maximum atomic E-state index is 12.1. The second-order valence-corrected chi connectivity index (χ2v) is 6.31. The third-order valence-electron chi connectivity index (χ3n) is 3.01. The summed E-state index contributed by atoms with van der Waals surface area (Å²) < 4.78 is 29.2. The van der Waals surface area contributed by atoms with Crippen LogP contribution in [0.3, 0.4) is 0 Å². The van der Waals surface area contributed by atoms with Crippen molar-refractivity contribution < 1.29 is 17.4 Å². The van der Waals surface area contributed by atoms with E-state index in [2.05, 4.69) is 0 Å². The summed E-state index contributed by atoms with van der Waals surface area (Å²) in [6.45, 7) is 3.29. The molecule has 2 aromatic carbocycles. The molecule has 0 aliphatic rings. The van der Waals surface area contributed by atoms with Gasteiger partial charge in [0.15, 0.2) is 5.78 Å². The van der Waals surface area contributed by atoms with Crippen molar-refractivity contribution in [3.8, 4) is 0 Å². The van der Waals surface area contributed by atoms with Gasteiger partial charge in [-0.05, 0) is 26.0 Å². The number of Topliss-reactive ketones (excluding diaryl/α,β-unsaturated/α-hetero) is 1. The molecule has 4 nitrogen and oxygen atoms in total. The fourth-order valence-electron chi connectivity index (χ4n) is 1.83. The van der Waals surface area contributed by atoms with Gasteiger partial charge in [0.2, 0.25) is 0 Å². The molecule has 0 fully saturated rings. The Bertz CT molecular complexity index is 719. The van der Waals surface area contributed by atoms with Gasteiger partial charge in [0, 0.05) is 5.56 Å². The third kappa shape index (κ3) is 3.77. The molecule has 0 aliphatic carbocycles. The van der Waals surface area contributed by atoms with Crippen LogP contribution in [0.25, 0.3) is 0 Å². The molecule has 21 heavy (non-hydrogen) atoms. The molecule has 110 valence electrons. The van der Waals surface area contributed by atoms with Gasteiger partial charge in [-0.2, -0.15) is 8.42 Å². The van der Waals surface area contributed by atoms with Gasteiger partial charge in [0.25, 0.3) is 10.1 Å². The van der Waals surface area contributed by atoms with Crippen molar-refractivity contribution in [3.05, 3.63) is 65.7 Å². The van der Waals surface area contributed by atoms with Crippen LogP contribution >= 0.6 is 0 Å². The van der Waals surface area contributed by atoms with E-state index in [-0.39, 0.29) is 10.7 Å². The minimum atomic E-state index is -3.95. The number of rotatable bonds is 5. The van der Waals surface area contributed by atoms with E-state index in [1.165, 1.54) is 19.1 Å². The van der Waals surface area contributed by atoms with Crippen LogP contribution in [0.4, 0.5) is 0 Å². The van der Waals surface area contributed by atoms with E-state index in [1.54, 1.807) is 42.5 Å². The van der Waals surface area contributed by atoms with Crippen molar-refractivity contribution in [2.45, 2.75) is 24.8 Å². The average Bonchev–Trinajstić information content (AvgIpc) is 2.47. The monoisotopic (exact) mass is 304 g/mol. The Balaban J connectivity index is 2.17. The smallest absolute Gasteiger partial charge is 0.291 e. The first kappa shape index (κ1) is 15.4. The molecule has 0 saturated heterocycles. The molecule has 2 aromatic rings. The van der Waals surface area contributed by atoms with Crippen LogP contribution in [0.5, 0.6) is 0 Å². The lowest BCUT2D eigenvalue weighted by atomic mass is 10.1. The summed E-state index contributed by atoms with van der Waals surface area (Å²) in [6, 6.07) is 14.8. The van der Waals surface area contributed by atoms with Gasteiger partial charge in [-0.1, -0.05) is 48.0 Å². The number of hydrogen-bond donors (Lipinski definition) is 0. The molecular weight excluding hydrogens is 288 g/mol. The standard InChI is InChI=1S/C16H16O4S/c1-12-8-10-15(11-9-12)21(18,19)20-13(2)16(17)14-6-4-3-5-7-14/h3-11,13H,1-2H3. The summed E-state index contributed by atoms with van der Waals surface area (Å²) in [5.74, 6) is -0.369. The summed E-state index contributed by atoms with van der Waals surface area (Å²) in [5.41, 5.74) is 1.37. The first-order valence-electron chi connectivity index (χ1n) is 6.49. The Morgan fingerprint density at radius 2 is 1.57 bits per heavy atom. The minimum Gasteiger partial charge on any atom is -0.291 e. The summed E-state index contributed by atoms with van der Waals surface area (Å²) >= 11 is 0. The van der Waals surface area contributed by atoms with Crippen LogP contribution in [0.2, 0.25) is 0 Å². The molecule has 2 rings (SSSR count). The first-order chi connectivity index (χ1) is 9.90. The molecule has 0 spiro atoms. The predicted octanol–water partition coefficient (Wildman–Crippen LogP) is 2.97. The number of benzene rings is 2. The van der Waals surface area contributed by atoms with Crippen molar-refractivity contribution >= 4 is 15.9 Å². The molecule has 0 heterocycles. The normalized spacial score (nSPS) is 12.9. The lowest BCUT2D eigenvalue weighted by Crippen LogP contribution is -2.24. The third-order valence-corrected chi connectivity index (χ3v) is 4.40. The minimum absolute atomic E-state index is 0.0424. The molecule has 0 aromatic heterocycles. The highest BCUT2D eigenvalue weighted by Crippen LogP contribution is 2.17. The summed E-state index contributed by atoms with van der Waals surface area (Å²) in [6.07, 6.45) is -1.07. The molecule has 1 unspecified atom stereocenters. The Kier molecular flexibility index (Phi) is 4.55. The summed E-state index contributed by atoms with van der Waals surface area (Å²) in [5, 5.41) is 0. The number of hydrogen-bond acceptors (Lipinski definition) is 4. The van der Waals surface area contributed by atoms with Gasteiger partial charge in [0.05, 0.1) is 4.90 Å². The zero-order valence-electron chi connectivity index (χ0n) is 11.8. The van der Waals surface area contributed by atoms with Gasteiger partial charge in [-0.3, -0.25) is 8.98 Å². The van der Waals surface area contributed by atoms with Crippen LogP contribution in [-0.2, 0) is 14.3 Å². The molecule has 1 atom stereocenters. The fraction of sp³-hybridized carbons (Fsp3) is 0.188. The van der Waals surface area contributed by atoms with Crippen LogP contribution < -0.4 is 0 Å². The van der Waals surface area contributed by atoms with Crippen molar-refractivity contribution in [1.29, 1.82) is 0 Å². The summed E-state index contributed by atoms with van der Waals surface area (Å²) in [7, 11) is -3.95. The molecule has 0 amide bonds. The van der Waals surface area contributed by atoms with E-state index in [0.29, 0.717) is 5.56 Å². The number of carbonyl (C=O) groups is 1. The lowest BCUT2D eigenvalue weighted by molar-refractivity contribution is 0.0826. The second-order valence-electron chi connectivity index (χ2n) is 4.74. The quantitative estimate of drug-likeness (QED) is 0.629. The van der Waals surface area contributed by atoms with E-state index in [1.807, 2.05) is 6.92 Å². The maximum Gasteiger partial charge on any atom is 0.297 e. The number of aryl methyl sites for hydroxylation is 1. The SMILES string of the molecule is Cc1ccc(S(=O)(=O)OC(C)C(=O)c2ccccc2)cc1. The van der Waals surface area contributed by atoms with E-state index in [4.69, 9.17) is 4.18 Å². The molecule has 0 N–H and O–H groups in total. The highest BCUT2D eigenvalue weighted by atomic mass is 32.2.